The lowest BCUT2D eigenvalue weighted by atomic mass is 9.97. The summed E-state index contributed by atoms with van der Waals surface area (Å²) in [5.41, 5.74) is 3.06. The van der Waals surface area contributed by atoms with E-state index in [4.69, 9.17) is 9.47 Å². The van der Waals surface area contributed by atoms with Gasteiger partial charge in [0.25, 0.3) is 0 Å². The third kappa shape index (κ3) is 4.66. The number of fused-ring (bicyclic) bond motifs is 1. The molecule has 0 saturated carbocycles. The number of nitrogens with zero attached hydrogens (tertiary/aromatic N) is 1. The summed E-state index contributed by atoms with van der Waals surface area (Å²) in [6.45, 7) is 0.268. The molecule has 0 bridgehead atoms. The van der Waals surface area contributed by atoms with Gasteiger partial charge in [0.05, 0.1) is 23.2 Å². The molecule has 0 amide bonds. The van der Waals surface area contributed by atoms with E-state index in [0.29, 0.717) is 21.5 Å². The Bertz CT molecular complexity index is 1340. The van der Waals surface area contributed by atoms with Gasteiger partial charge in [0.1, 0.15) is 12.4 Å². The maximum absolute atomic E-state index is 13.1. The molecule has 0 radical (unpaired) electrons. The average molecular weight is 488 g/mol. The Morgan fingerprint density at radius 3 is 2.53 bits per heavy atom. The van der Waals surface area contributed by atoms with E-state index in [0.717, 1.165) is 27.5 Å². The average Bonchev–Trinajstić information content (AvgIpc) is 2.82. The molecule has 32 heavy (non-hydrogen) atoms. The van der Waals surface area contributed by atoms with Crippen molar-refractivity contribution in [1.29, 1.82) is 5.26 Å². The second-order valence-corrected chi connectivity index (χ2v) is 8.00. The number of hydrogen-bond donors (Lipinski definition) is 0. The Morgan fingerprint density at radius 2 is 1.78 bits per heavy atom. The van der Waals surface area contributed by atoms with Crippen molar-refractivity contribution < 1.29 is 13.9 Å². The first kappa shape index (κ1) is 21.6. The van der Waals surface area contributed by atoms with Crippen LogP contribution in [0.15, 0.2) is 83.3 Å². The van der Waals surface area contributed by atoms with Crippen molar-refractivity contribution in [3.8, 4) is 17.6 Å². The second-order valence-electron chi connectivity index (χ2n) is 7.15. The first-order valence-electron chi connectivity index (χ1n) is 9.94. The second kappa shape index (κ2) is 9.67. The molecule has 0 atom stereocenters. The smallest absolute Gasteiger partial charge is 0.175 e. The molecule has 0 aromatic heterocycles. The number of ether oxygens (including phenoxy) is 2. The topological polar surface area (TPSA) is 42.2 Å². The molecule has 158 valence electrons. The number of halogens is 2. The van der Waals surface area contributed by atoms with Crippen molar-refractivity contribution in [1.82, 2.24) is 0 Å². The highest BCUT2D eigenvalue weighted by Crippen LogP contribution is 2.38. The fourth-order valence-electron chi connectivity index (χ4n) is 3.50. The van der Waals surface area contributed by atoms with Crippen LogP contribution in [0.1, 0.15) is 16.7 Å². The minimum atomic E-state index is -0.289. The predicted molar refractivity (Wildman–Crippen MR) is 129 cm³/mol. The van der Waals surface area contributed by atoms with E-state index in [-0.39, 0.29) is 12.4 Å². The van der Waals surface area contributed by atoms with Gasteiger partial charge in [-0.1, -0.05) is 54.6 Å². The van der Waals surface area contributed by atoms with Gasteiger partial charge in [-0.25, -0.2) is 4.39 Å². The van der Waals surface area contributed by atoms with Gasteiger partial charge in [-0.2, -0.15) is 5.26 Å². The zero-order valence-electron chi connectivity index (χ0n) is 17.3. The Balaban J connectivity index is 1.67. The fourth-order valence-corrected chi connectivity index (χ4v) is 4.07. The zero-order chi connectivity index (χ0) is 22.5. The number of rotatable bonds is 6. The molecule has 3 nitrogen and oxygen atoms in total. The normalized spacial score (nSPS) is 11.2. The molecule has 4 aromatic rings. The van der Waals surface area contributed by atoms with Crippen LogP contribution in [0.25, 0.3) is 22.4 Å². The van der Waals surface area contributed by atoms with Crippen molar-refractivity contribution >= 4 is 38.4 Å². The van der Waals surface area contributed by atoms with Crippen molar-refractivity contribution in [3.05, 3.63) is 106 Å². The number of nitriles is 1. The quantitative estimate of drug-likeness (QED) is 0.210. The lowest BCUT2D eigenvalue weighted by Gasteiger charge is -2.14. The first-order valence-corrected chi connectivity index (χ1v) is 10.7. The SMILES string of the molecule is COc1cc(/C=C(/C#N)c2cccc3ccccc23)cc(Br)c1OCc1ccc(F)cc1. The van der Waals surface area contributed by atoms with Crippen LogP contribution in [0.4, 0.5) is 4.39 Å². The van der Waals surface area contributed by atoms with E-state index in [1.807, 2.05) is 60.7 Å². The zero-order valence-corrected chi connectivity index (χ0v) is 18.9. The Hall–Kier alpha value is -3.62. The van der Waals surface area contributed by atoms with E-state index in [9.17, 15) is 9.65 Å². The van der Waals surface area contributed by atoms with Gasteiger partial charge in [0.2, 0.25) is 0 Å². The number of hydrogen-bond acceptors (Lipinski definition) is 3. The molecule has 4 aromatic carbocycles. The summed E-state index contributed by atoms with van der Waals surface area (Å²) in [7, 11) is 1.57. The van der Waals surface area contributed by atoms with E-state index in [1.165, 1.54) is 12.1 Å². The third-order valence-electron chi connectivity index (χ3n) is 5.06. The van der Waals surface area contributed by atoms with Crippen LogP contribution in [0.2, 0.25) is 0 Å². The Labute approximate surface area is 194 Å². The molecule has 0 aliphatic heterocycles. The van der Waals surface area contributed by atoms with E-state index < -0.39 is 0 Å². The van der Waals surface area contributed by atoms with Gasteiger partial charge >= 0.3 is 0 Å². The molecular formula is C27H19BrFNO2. The van der Waals surface area contributed by atoms with Crippen molar-refractivity contribution in [2.75, 3.05) is 7.11 Å². The van der Waals surface area contributed by atoms with Crippen LogP contribution < -0.4 is 9.47 Å². The van der Waals surface area contributed by atoms with Gasteiger partial charge in [-0.3, -0.25) is 0 Å². The minimum Gasteiger partial charge on any atom is -0.493 e. The fraction of sp³-hybridized carbons (Fsp3) is 0.0741. The minimum absolute atomic E-state index is 0.268. The molecule has 0 N–H and O–H groups in total. The lowest BCUT2D eigenvalue weighted by molar-refractivity contribution is 0.282. The van der Waals surface area contributed by atoms with Crippen LogP contribution in [-0.2, 0) is 6.61 Å². The number of methoxy groups -OCH3 is 1. The van der Waals surface area contributed by atoms with Gasteiger partial charge in [0, 0.05) is 5.56 Å². The summed E-state index contributed by atoms with van der Waals surface area (Å²) in [5, 5.41) is 12.0. The first-order chi connectivity index (χ1) is 15.6. The van der Waals surface area contributed by atoms with Crippen molar-refractivity contribution in [3.63, 3.8) is 0 Å². The largest absolute Gasteiger partial charge is 0.493 e. The van der Waals surface area contributed by atoms with Crippen molar-refractivity contribution in [2.45, 2.75) is 6.61 Å². The van der Waals surface area contributed by atoms with Crippen LogP contribution >= 0.6 is 15.9 Å². The van der Waals surface area contributed by atoms with Gasteiger partial charge in [0.15, 0.2) is 11.5 Å². The molecule has 0 aliphatic carbocycles. The monoisotopic (exact) mass is 487 g/mol. The molecule has 0 saturated heterocycles. The van der Waals surface area contributed by atoms with Gasteiger partial charge < -0.3 is 9.47 Å². The maximum atomic E-state index is 13.1. The molecule has 4 rings (SSSR count). The maximum Gasteiger partial charge on any atom is 0.175 e. The highest BCUT2D eigenvalue weighted by molar-refractivity contribution is 9.10. The van der Waals surface area contributed by atoms with Gasteiger partial charge in [-0.05, 0) is 68.2 Å². The van der Waals surface area contributed by atoms with Crippen LogP contribution in [0.5, 0.6) is 11.5 Å². The summed E-state index contributed by atoms with van der Waals surface area (Å²) in [6.07, 6.45) is 1.83. The molecule has 0 heterocycles. The van der Waals surface area contributed by atoms with E-state index in [1.54, 1.807) is 19.2 Å². The number of benzene rings is 4. The van der Waals surface area contributed by atoms with Crippen LogP contribution in [0.3, 0.4) is 0 Å². The summed E-state index contributed by atoms with van der Waals surface area (Å²) >= 11 is 3.55. The standard InChI is InChI=1S/C27H19BrFNO2/c1-31-26-15-19(14-25(28)27(26)32-17-18-9-11-22(29)12-10-18)13-21(16-30)24-8-4-6-20-5-2-3-7-23(20)24/h2-15H,17H2,1H3/b21-13-. The summed E-state index contributed by atoms with van der Waals surface area (Å²) < 4.78 is 25.3. The van der Waals surface area contributed by atoms with Gasteiger partial charge in [-0.15, -0.1) is 0 Å². The van der Waals surface area contributed by atoms with Crippen LogP contribution in [-0.4, -0.2) is 7.11 Å². The van der Waals surface area contributed by atoms with Crippen molar-refractivity contribution in [2.24, 2.45) is 0 Å². The molecular weight excluding hydrogens is 469 g/mol. The highest BCUT2D eigenvalue weighted by Gasteiger charge is 2.13. The van der Waals surface area contributed by atoms with Crippen LogP contribution in [0, 0.1) is 17.1 Å². The highest BCUT2D eigenvalue weighted by atomic mass is 79.9. The lowest BCUT2D eigenvalue weighted by Crippen LogP contribution is -1.99. The van der Waals surface area contributed by atoms with E-state index in [2.05, 4.69) is 22.0 Å². The predicted octanol–water partition coefficient (Wildman–Crippen LogP) is 7.39. The Morgan fingerprint density at radius 1 is 1.03 bits per heavy atom. The summed E-state index contributed by atoms with van der Waals surface area (Å²) in [5.74, 6) is 0.781. The summed E-state index contributed by atoms with van der Waals surface area (Å²) in [4.78, 5) is 0. The molecule has 0 spiro atoms. The molecule has 0 aliphatic rings. The Kier molecular flexibility index (Phi) is 6.53. The third-order valence-corrected chi connectivity index (χ3v) is 5.65. The number of allylic oxidation sites excluding steroid dienone is 1. The molecule has 0 fully saturated rings. The summed E-state index contributed by atoms with van der Waals surface area (Å²) in [6, 6.07) is 26.1. The molecule has 0 unspecified atom stereocenters. The molecule has 5 heteroatoms. The van der Waals surface area contributed by atoms with E-state index >= 15 is 0 Å².